The van der Waals surface area contributed by atoms with Crippen LogP contribution in [0.3, 0.4) is 0 Å². The third kappa shape index (κ3) is 2.47. The van der Waals surface area contributed by atoms with Crippen molar-refractivity contribution in [2.45, 2.75) is 23.7 Å². The average molecular weight is 267 g/mol. The SMILES string of the molecule is N#CC(c1ccc2c(c1)CCCS2)c1ccncn1. The molecule has 2 aromatic rings. The van der Waals surface area contributed by atoms with Crippen LogP contribution in [0.15, 0.2) is 41.7 Å². The van der Waals surface area contributed by atoms with Crippen molar-refractivity contribution >= 4 is 11.8 Å². The second-order valence-corrected chi connectivity index (χ2v) is 5.65. The number of hydrogen-bond acceptors (Lipinski definition) is 4. The number of nitrogens with zero attached hydrogens (tertiary/aromatic N) is 3. The third-order valence-corrected chi connectivity index (χ3v) is 4.50. The first kappa shape index (κ1) is 12.2. The molecule has 0 N–H and O–H groups in total. The van der Waals surface area contributed by atoms with Gasteiger partial charge in [0.15, 0.2) is 0 Å². The summed E-state index contributed by atoms with van der Waals surface area (Å²) in [5.74, 6) is 0.889. The molecule has 94 valence electrons. The monoisotopic (exact) mass is 267 g/mol. The maximum atomic E-state index is 9.42. The van der Waals surface area contributed by atoms with E-state index < -0.39 is 0 Å². The normalized spacial score (nSPS) is 15.3. The summed E-state index contributed by atoms with van der Waals surface area (Å²) in [5.41, 5.74) is 3.16. The second-order valence-electron chi connectivity index (χ2n) is 4.52. The van der Waals surface area contributed by atoms with Crippen molar-refractivity contribution in [3.63, 3.8) is 0 Å². The van der Waals surface area contributed by atoms with Gasteiger partial charge in [-0.05, 0) is 41.9 Å². The largest absolute Gasteiger partial charge is 0.245 e. The van der Waals surface area contributed by atoms with Crippen molar-refractivity contribution in [1.29, 1.82) is 5.26 Å². The Balaban J connectivity index is 1.99. The summed E-state index contributed by atoms with van der Waals surface area (Å²) in [5, 5.41) is 9.42. The van der Waals surface area contributed by atoms with E-state index in [0.717, 1.165) is 17.7 Å². The van der Waals surface area contributed by atoms with Gasteiger partial charge in [-0.25, -0.2) is 9.97 Å². The average Bonchev–Trinajstić information content (AvgIpc) is 2.49. The maximum Gasteiger partial charge on any atom is 0.115 e. The van der Waals surface area contributed by atoms with Crippen molar-refractivity contribution in [3.05, 3.63) is 53.6 Å². The van der Waals surface area contributed by atoms with E-state index in [1.807, 2.05) is 23.9 Å². The van der Waals surface area contributed by atoms with Gasteiger partial charge in [0, 0.05) is 11.1 Å². The highest BCUT2D eigenvalue weighted by molar-refractivity contribution is 7.99. The molecule has 1 unspecified atom stereocenters. The van der Waals surface area contributed by atoms with Crippen LogP contribution in [0.4, 0.5) is 0 Å². The molecule has 1 aromatic heterocycles. The van der Waals surface area contributed by atoms with Crippen LogP contribution < -0.4 is 0 Å². The number of hydrogen-bond donors (Lipinski definition) is 0. The molecule has 0 amide bonds. The van der Waals surface area contributed by atoms with E-state index in [0.29, 0.717) is 0 Å². The van der Waals surface area contributed by atoms with Gasteiger partial charge in [0.1, 0.15) is 12.2 Å². The Morgan fingerprint density at radius 2 is 2.26 bits per heavy atom. The van der Waals surface area contributed by atoms with Crippen LogP contribution in [0, 0.1) is 11.3 Å². The number of thioether (sulfide) groups is 1. The standard InChI is InChI=1S/C15H13N3S/c16-9-13(14-5-6-17-10-18-14)11-3-4-15-12(8-11)2-1-7-19-15/h3-6,8,10,13H,1-2,7H2. The molecule has 3 rings (SSSR count). The zero-order chi connectivity index (χ0) is 13.1. The topological polar surface area (TPSA) is 49.6 Å². The van der Waals surface area contributed by atoms with Gasteiger partial charge in [-0.2, -0.15) is 5.26 Å². The minimum Gasteiger partial charge on any atom is -0.245 e. The zero-order valence-electron chi connectivity index (χ0n) is 10.4. The van der Waals surface area contributed by atoms with Gasteiger partial charge in [-0.15, -0.1) is 11.8 Å². The predicted octanol–water partition coefficient (Wildman–Crippen LogP) is 3.17. The summed E-state index contributed by atoms with van der Waals surface area (Å²) in [6, 6.07) is 10.5. The van der Waals surface area contributed by atoms with Gasteiger partial charge >= 0.3 is 0 Å². The number of nitriles is 1. The molecule has 19 heavy (non-hydrogen) atoms. The van der Waals surface area contributed by atoms with Gasteiger partial charge in [0.25, 0.3) is 0 Å². The first-order valence-electron chi connectivity index (χ1n) is 6.29. The fourth-order valence-corrected chi connectivity index (χ4v) is 3.36. The molecule has 0 radical (unpaired) electrons. The van der Waals surface area contributed by atoms with Gasteiger partial charge < -0.3 is 0 Å². The fraction of sp³-hybridized carbons (Fsp3) is 0.267. The lowest BCUT2D eigenvalue weighted by atomic mass is 9.94. The molecule has 1 atom stereocenters. The number of fused-ring (bicyclic) bond motifs is 1. The van der Waals surface area contributed by atoms with Crippen molar-refractivity contribution in [1.82, 2.24) is 9.97 Å². The summed E-state index contributed by atoms with van der Waals surface area (Å²) in [6.07, 6.45) is 5.50. The second kappa shape index (κ2) is 5.41. The van der Waals surface area contributed by atoms with Crippen molar-refractivity contribution in [2.75, 3.05) is 5.75 Å². The zero-order valence-corrected chi connectivity index (χ0v) is 11.2. The van der Waals surface area contributed by atoms with Crippen LogP contribution in [-0.2, 0) is 6.42 Å². The number of aryl methyl sites for hydroxylation is 1. The molecule has 4 heteroatoms. The molecular weight excluding hydrogens is 254 g/mol. The van der Waals surface area contributed by atoms with Gasteiger partial charge in [0.2, 0.25) is 0 Å². The number of benzene rings is 1. The van der Waals surface area contributed by atoms with Crippen LogP contribution >= 0.6 is 11.8 Å². The quantitative estimate of drug-likeness (QED) is 0.838. The van der Waals surface area contributed by atoms with E-state index in [1.54, 1.807) is 6.20 Å². The van der Waals surface area contributed by atoms with Crippen LogP contribution in [0.5, 0.6) is 0 Å². The van der Waals surface area contributed by atoms with E-state index in [-0.39, 0.29) is 5.92 Å². The molecule has 0 aliphatic carbocycles. The number of rotatable bonds is 2. The molecule has 3 nitrogen and oxygen atoms in total. The molecule has 0 spiro atoms. The molecule has 0 saturated carbocycles. The maximum absolute atomic E-state index is 9.42. The third-order valence-electron chi connectivity index (χ3n) is 3.30. The molecule has 0 fully saturated rings. The number of aromatic nitrogens is 2. The highest BCUT2D eigenvalue weighted by atomic mass is 32.2. The smallest absolute Gasteiger partial charge is 0.115 e. The molecule has 2 heterocycles. The summed E-state index contributed by atoms with van der Waals surface area (Å²) in [4.78, 5) is 9.46. The van der Waals surface area contributed by atoms with E-state index in [1.165, 1.54) is 29.0 Å². The molecule has 0 saturated heterocycles. The summed E-state index contributed by atoms with van der Waals surface area (Å²) >= 11 is 1.90. The summed E-state index contributed by atoms with van der Waals surface area (Å²) in [6.45, 7) is 0. The van der Waals surface area contributed by atoms with Crippen LogP contribution in [-0.4, -0.2) is 15.7 Å². The van der Waals surface area contributed by atoms with Crippen molar-refractivity contribution in [3.8, 4) is 6.07 Å². The van der Waals surface area contributed by atoms with E-state index in [9.17, 15) is 5.26 Å². The summed E-state index contributed by atoms with van der Waals surface area (Å²) < 4.78 is 0. The molecule has 1 aromatic carbocycles. The van der Waals surface area contributed by atoms with Gasteiger partial charge in [0.05, 0.1) is 11.8 Å². The van der Waals surface area contributed by atoms with Crippen LogP contribution in [0.2, 0.25) is 0 Å². The molecule has 0 bridgehead atoms. The minimum absolute atomic E-state index is 0.305. The lowest BCUT2D eigenvalue weighted by Crippen LogP contribution is -2.04. The van der Waals surface area contributed by atoms with Crippen LogP contribution in [0.25, 0.3) is 0 Å². The van der Waals surface area contributed by atoms with Crippen molar-refractivity contribution in [2.24, 2.45) is 0 Å². The fourth-order valence-electron chi connectivity index (χ4n) is 2.34. The lowest BCUT2D eigenvalue weighted by Gasteiger charge is -2.17. The Labute approximate surface area is 116 Å². The van der Waals surface area contributed by atoms with E-state index in [4.69, 9.17) is 0 Å². The van der Waals surface area contributed by atoms with Crippen molar-refractivity contribution < 1.29 is 0 Å². The Morgan fingerprint density at radius 3 is 3.05 bits per heavy atom. The van der Waals surface area contributed by atoms with Crippen LogP contribution in [0.1, 0.15) is 29.2 Å². The molecular formula is C15H13N3S. The Kier molecular flexibility index (Phi) is 3.47. The Bertz CT molecular complexity index is 619. The Hall–Kier alpha value is -1.86. The lowest BCUT2D eigenvalue weighted by molar-refractivity contribution is 0.875. The molecule has 1 aliphatic heterocycles. The highest BCUT2D eigenvalue weighted by Crippen LogP contribution is 2.33. The first-order valence-corrected chi connectivity index (χ1v) is 7.28. The first-order chi connectivity index (χ1) is 9.38. The minimum atomic E-state index is -0.305. The van der Waals surface area contributed by atoms with Gasteiger partial charge in [-0.3, -0.25) is 0 Å². The Morgan fingerprint density at radius 1 is 1.32 bits per heavy atom. The van der Waals surface area contributed by atoms with Gasteiger partial charge in [-0.1, -0.05) is 12.1 Å². The van der Waals surface area contributed by atoms with E-state index in [2.05, 4.69) is 28.2 Å². The summed E-state index contributed by atoms with van der Waals surface area (Å²) in [7, 11) is 0. The predicted molar refractivity (Wildman–Crippen MR) is 75.0 cm³/mol. The molecule has 1 aliphatic rings. The van der Waals surface area contributed by atoms with E-state index >= 15 is 0 Å². The highest BCUT2D eigenvalue weighted by Gasteiger charge is 2.17.